The van der Waals surface area contributed by atoms with Crippen LogP contribution in [0.3, 0.4) is 0 Å². The maximum atomic E-state index is 12.9. The van der Waals surface area contributed by atoms with Gasteiger partial charge in [0.05, 0.1) is 3.79 Å². The molecule has 2 N–H and O–H groups in total. The molecule has 0 aliphatic heterocycles. The first-order valence-electron chi connectivity index (χ1n) is 4.03. The van der Waals surface area contributed by atoms with Crippen LogP contribution < -0.4 is 5.73 Å². The normalized spacial score (nSPS) is 14.4. The van der Waals surface area contributed by atoms with E-state index < -0.39 is 18.1 Å². The second-order valence-electron chi connectivity index (χ2n) is 3.20. The van der Waals surface area contributed by atoms with Crippen molar-refractivity contribution in [1.82, 2.24) is 0 Å². The van der Waals surface area contributed by atoms with Gasteiger partial charge in [0.25, 0.3) is 0 Å². The molecule has 0 saturated carbocycles. The molecule has 0 amide bonds. The fourth-order valence-corrected chi connectivity index (χ4v) is 2.60. The highest BCUT2D eigenvalue weighted by Gasteiger charge is 2.62. The van der Waals surface area contributed by atoms with Crippen molar-refractivity contribution < 1.29 is 22.0 Å². The van der Waals surface area contributed by atoms with Crippen molar-refractivity contribution in [1.29, 1.82) is 0 Å². The minimum atomic E-state index is -5.64. The number of thiophene rings is 1. The lowest BCUT2D eigenvalue weighted by atomic mass is 10.1. The number of nitrogens with two attached hydrogens (primary N) is 1. The minimum Gasteiger partial charge on any atom is -0.318 e. The van der Waals surface area contributed by atoms with Gasteiger partial charge in [-0.3, -0.25) is 0 Å². The summed E-state index contributed by atoms with van der Waals surface area (Å²) in [6.07, 6.45) is -5.64. The molecule has 100 valence electrons. The smallest absolute Gasteiger partial charge is 0.318 e. The van der Waals surface area contributed by atoms with Crippen LogP contribution in [0.2, 0.25) is 0 Å². The highest BCUT2D eigenvalue weighted by Crippen LogP contribution is 2.45. The van der Waals surface area contributed by atoms with E-state index in [0.717, 1.165) is 11.3 Å². The van der Waals surface area contributed by atoms with Crippen molar-refractivity contribution in [3.63, 3.8) is 0 Å². The van der Waals surface area contributed by atoms with E-state index >= 15 is 0 Å². The van der Waals surface area contributed by atoms with Crippen LogP contribution in [-0.4, -0.2) is 12.1 Å². The fraction of sp³-hybridized carbons (Fsp3) is 0.500. The van der Waals surface area contributed by atoms with E-state index in [-0.39, 0.29) is 17.3 Å². The molecule has 1 heterocycles. The Balaban J connectivity index is 0.00000256. The van der Waals surface area contributed by atoms with E-state index in [4.69, 9.17) is 5.73 Å². The zero-order valence-corrected chi connectivity index (χ0v) is 11.5. The van der Waals surface area contributed by atoms with Crippen molar-refractivity contribution in [2.45, 2.75) is 25.1 Å². The Morgan fingerprint density at radius 1 is 1.29 bits per heavy atom. The summed E-state index contributed by atoms with van der Waals surface area (Å²) >= 11 is 3.82. The molecule has 0 unspecified atom stereocenters. The van der Waals surface area contributed by atoms with E-state index in [1.807, 2.05) is 0 Å². The fourth-order valence-electron chi connectivity index (χ4n) is 0.992. The third-order valence-electron chi connectivity index (χ3n) is 1.95. The molecule has 0 aliphatic rings. The molecule has 0 bridgehead atoms. The first kappa shape index (κ1) is 17.1. The number of hydrogen-bond acceptors (Lipinski definition) is 2. The van der Waals surface area contributed by atoms with E-state index in [1.165, 1.54) is 6.07 Å². The van der Waals surface area contributed by atoms with Crippen LogP contribution in [0.15, 0.2) is 9.85 Å². The standard InChI is InChI=1S/C8H7BrF5NS.ClH/c1-3-2-4(16-6(3)9)5(15)7(10,11)8(12,13)14;/h2,5H,15H2,1H3;1H/t5-;/m0./s1. The van der Waals surface area contributed by atoms with Gasteiger partial charge in [-0.1, -0.05) is 0 Å². The monoisotopic (exact) mass is 359 g/mol. The molecule has 17 heavy (non-hydrogen) atoms. The summed E-state index contributed by atoms with van der Waals surface area (Å²) in [5.41, 5.74) is 5.54. The average molecular weight is 361 g/mol. The molecule has 0 saturated heterocycles. The zero-order chi connectivity index (χ0) is 12.7. The van der Waals surface area contributed by atoms with Crippen LogP contribution in [0.4, 0.5) is 22.0 Å². The van der Waals surface area contributed by atoms with Gasteiger partial charge in [0, 0.05) is 4.88 Å². The van der Waals surface area contributed by atoms with Crippen molar-refractivity contribution in [2.75, 3.05) is 0 Å². The first-order chi connectivity index (χ1) is 7.07. The number of hydrogen-bond donors (Lipinski definition) is 1. The SMILES string of the molecule is Cc1cc([C@H](N)C(F)(F)C(F)(F)F)sc1Br.Cl. The molecular weight excluding hydrogens is 353 g/mol. The highest BCUT2D eigenvalue weighted by molar-refractivity contribution is 9.11. The van der Waals surface area contributed by atoms with E-state index in [1.54, 1.807) is 6.92 Å². The molecule has 1 aromatic heterocycles. The van der Waals surface area contributed by atoms with Crippen LogP contribution in [0.25, 0.3) is 0 Å². The summed E-state index contributed by atoms with van der Waals surface area (Å²) in [6.45, 7) is 1.59. The largest absolute Gasteiger partial charge is 0.455 e. The van der Waals surface area contributed by atoms with Gasteiger partial charge in [-0.05, 0) is 34.5 Å². The summed E-state index contributed by atoms with van der Waals surface area (Å²) in [6, 6.07) is -1.15. The van der Waals surface area contributed by atoms with Gasteiger partial charge in [0.15, 0.2) is 0 Å². The van der Waals surface area contributed by atoms with Gasteiger partial charge in [0.1, 0.15) is 6.04 Å². The maximum absolute atomic E-state index is 12.9. The average Bonchev–Trinajstić information content (AvgIpc) is 2.43. The number of aryl methyl sites for hydroxylation is 1. The summed E-state index contributed by atoms with van der Waals surface area (Å²) in [4.78, 5) is -0.202. The maximum Gasteiger partial charge on any atom is 0.455 e. The molecule has 1 atom stereocenters. The van der Waals surface area contributed by atoms with Gasteiger partial charge in [-0.2, -0.15) is 22.0 Å². The third-order valence-corrected chi connectivity index (χ3v) is 4.17. The zero-order valence-electron chi connectivity index (χ0n) is 8.32. The van der Waals surface area contributed by atoms with Crippen LogP contribution in [0.5, 0.6) is 0 Å². The molecule has 1 aromatic rings. The predicted molar refractivity (Wildman–Crippen MR) is 61.9 cm³/mol. The van der Waals surface area contributed by atoms with Gasteiger partial charge < -0.3 is 5.73 Å². The molecule has 9 heteroatoms. The molecular formula is C8H8BrClF5NS. The predicted octanol–water partition coefficient (Wildman–Crippen LogP) is 4.44. The second kappa shape index (κ2) is 5.38. The summed E-state index contributed by atoms with van der Waals surface area (Å²) in [7, 11) is 0. The molecule has 0 radical (unpaired) electrons. The number of rotatable bonds is 2. The van der Waals surface area contributed by atoms with E-state index in [9.17, 15) is 22.0 Å². The van der Waals surface area contributed by atoms with Gasteiger partial charge in [-0.15, -0.1) is 23.7 Å². The lowest BCUT2D eigenvalue weighted by molar-refractivity contribution is -0.290. The van der Waals surface area contributed by atoms with Crippen LogP contribution in [-0.2, 0) is 0 Å². The van der Waals surface area contributed by atoms with Gasteiger partial charge in [-0.25, -0.2) is 0 Å². The van der Waals surface area contributed by atoms with E-state index in [0.29, 0.717) is 9.35 Å². The number of alkyl halides is 5. The van der Waals surface area contributed by atoms with Crippen molar-refractivity contribution >= 4 is 39.7 Å². The summed E-state index contributed by atoms with van der Waals surface area (Å²) in [5.74, 6) is -4.93. The Kier molecular flexibility index (Phi) is 5.40. The Morgan fingerprint density at radius 2 is 1.76 bits per heavy atom. The molecule has 0 spiro atoms. The Bertz CT molecular complexity index is 372. The van der Waals surface area contributed by atoms with Crippen LogP contribution in [0.1, 0.15) is 16.5 Å². The molecule has 0 aromatic carbocycles. The Morgan fingerprint density at radius 3 is 2.06 bits per heavy atom. The quantitative estimate of drug-likeness (QED) is 0.775. The van der Waals surface area contributed by atoms with Crippen molar-refractivity contribution in [3.8, 4) is 0 Å². The molecule has 1 rings (SSSR count). The Labute approximate surface area is 113 Å². The van der Waals surface area contributed by atoms with Crippen molar-refractivity contribution in [2.24, 2.45) is 5.73 Å². The summed E-state index contributed by atoms with van der Waals surface area (Å²) in [5, 5.41) is 0. The topological polar surface area (TPSA) is 26.0 Å². The first-order valence-corrected chi connectivity index (χ1v) is 5.64. The van der Waals surface area contributed by atoms with Gasteiger partial charge >= 0.3 is 12.1 Å². The molecule has 0 fully saturated rings. The summed E-state index contributed by atoms with van der Waals surface area (Å²) < 4.78 is 62.4. The lowest BCUT2D eigenvalue weighted by Crippen LogP contribution is -2.45. The van der Waals surface area contributed by atoms with Gasteiger partial charge in [0.2, 0.25) is 0 Å². The molecule has 1 nitrogen and oxygen atoms in total. The number of halogens is 7. The molecule has 0 aliphatic carbocycles. The Hall–Kier alpha value is 0.0800. The lowest BCUT2D eigenvalue weighted by Gasteiger charge is -2.24. The van der Waals surface area contributed by atoms with Crippen molar-refractivity contribution in [3.05, 3.63) is 20.3 Å². The highest BCUT2D eigenvalue weighted by atomic mass is 79.9. The van der Waals surface area contributed by atoms with Crippen LogP contribution in [0, 0.1) is 6.92 Å². The van der Waals surface area contributed by atoms with Crippen LogP contribution >= 0.6 is 39.7 Å². The van der Waals surface area contributed by atoms with E-state index in [2.05, 4.69) is 15.9 Å². The minimum absolute atomic E-state index is 0. The third kappa shape index (κ3) is 3.30. The second-order valence-corrected chi connectivity index (χ2v) is 5.61.